The van der Waals surface area contributed by atoms with Crippen molar-refractivity contribution < 1.29 is 9.90 Å². The maximum Gasteiger partial charge on any atom is 0.256 e. The largest absolute Gasteiger partial charge is 0.391 e. The Morgan fingerprint density at radius 2 is 2.00 bits per heavy atom. The summed E-state index contributed by atoms with van der Waals surface area (Å²) in [7, 11) is 0. The van der Waals surface area contributed by atoms with Gasteiger partial charge in [0.05, 0.1) is 11.7 Å². The average molecular weight is 274 g/mol. The Morgan fingerprint density at radius 3 is 2.65 bits per heavy atom. The zero-order valence-electron chi connectivity index (χ0n) is 12.0. The van der Waals surface area contributed by atoms with Crippen LogP contribution in [0.3, 0.4) is 0 Å². The van der Waals surface area contributed by atoms with Gasteiger partial charge in [-0.3, -0.25) is 4.79 Å². The molecule has 4 heteroatoms. The highest BCUT2D eigenvalue weighted by molar-refractivity contribution is 6.00. The molecule has 2 heterocycles. The number of aryl methyl sites for hydroxylation is 1. The summed E-state index contributed by atoms with van der Waals surface area (Å²) < 4.78 is 0. The van der Waals surface area contributed by atoms with Crippen LogP contribution in [0.2, 0.25) is 0 Å². The molecule has 4 nitrogen and oxygen atoms in total. The number of hydrogen-bond acceptors (Lipinski definition) is 3. The highest BCUT2D eigenvalue weighted by Crippen LogP contribution is 2.27. The zero-order chi connectivity index (χ0) is 14.1. The zero-order valence-corrected chi connectivity index (χ0v) is 12.0. The van der Waals surface area contributed by atoms with Crippen LogP contribution in [0.25, 0.3) is 0 Å². The molecule has 3 rings (SSSR count). The van der Waals surface area contributed by atoms with Crippen molar-refractivity contribution in [2.45, 2.75) is 32.3 Å². The Bertz CT molecular complexity index is 509. The number of carbonyl (C=O) groups is 1. The van der Waals surface area contributed by atoms with Crippen molar-refractivity contribution in [3.63, 3.8) is 0 Å². The summed E-state index contributed by atoms with van der Waals surface area (Å²) in [6.45, 7) is 5.21. The highest BCUT2D eigenvalue weighted by atomic mass is 16.3. The molecule has 2 aliphatic rings. The molecule has 1 atom stereocenters. The molecule has 1 aromatic carbocycles. The van der Waals surface area contributed by atoms with Crippen molar-refractivity contribution in [3.8, 4) is 0 Å². The SMILES string of the molecule is Cc1ccc(N2CCCC2)c(C(=O)N2CC[C@@H](O)C2)c1. The lowest BCUT2D eigenvalue weighted by Crippen LogP contribution is -2.31. The van der Waals surface area contributed by atoms with Crippen LogP contribution in [0, 0.1) is 6.92 Å². The van der Waals surface area contributed by atoms with Gasteiger partial charge < -0.3 is 14.9 Å². The van der Waals surface area contributed by atoms with Gasteiger partial charge in [-0.2, -0.15) is 0 Å². The molecule has 20 heavy (non-hydrogen) atoms. The number of aliphatic hydroxyl groups excluding tert-OH is 1. The van der Waals surface area contributed by atoms with Crippen LogP contribution < -0.4 is 4.90 Å². The number of likely N-dealkylation sites (tertiary alicyclic amines) is 1. The smallest absolute Gasteiger partial charge is 0.256 e. The van der Waals surface area contributed by atoms with Crippen molar-refractivity contribution in [2.24, 2.45) is 0 Å². The molecule has 1 N–H and O–H groups in total. The first kappa shape index (κ1) is 13.4. The second kappa shape index (κ2) is 5.44. The Hall–Kier alpha value is -1.55. The van der Waals surface area contributed by atoms with E-state index in [-0.39, 0.29) is 12.0 Å². The minimum Gasteiger partial charge on any atom is -0.391 e. The fourth-order valence-electron chi connectivity index (χ4n) is 3.15. The predicted molar refractivity (Wildman–Crippen MR) is 79.2 cm³/mol. The second-order valence-corrected chi connectivity index (χ2v) is 5.91. The van der Waals surface area contributed by atoms with Gasteiger partial charge in [0.1, 0.15) is 0 Å². The molecule has 0 aromatic heterocycles. The van der Waals surface area contributed by atoms with Crippen molar-refractivity contribution in [1.82, 2.24) is 4.90 Å². The van der Waals surface area contributed by atoms with Crippen LogP contribution >= 0.6 is 0 Å². The van der Waals surface area contributed by atoms with Gasteiger partial charge in [-0.15, -0.1) is 0 Å². The van der Waals surface area contributed by atoms with E-state index in [0.717, 1.165) is 29.9 Å². The van der Waals surface area contributed by atoms with Crippen LogP contribution in [0.15, 0.2) is 18.2 Å². The van der Waals surface area contributed by atoms with Crippen molar-refractivity contribution in [3.05, 3.63) is 29.3 Å². The summed E-state index contributed by atoms with van der Waals surface area (Å²) in [4.78, 5) is 16.8. The number of benzene rings is 1. The van der Waals surface area contributed by atoms with Crippen LogP contribution in [-0.4, -0.2) is 48.2 Å². The van der Waals surface area contributed by atoms with E-state index in [0.29, 0.717) is 19.5 Å². The average Bonchev–Trinajstić information content (AvgIpc) is 3.09. The number of aliphatic hydroxyl groups is 1. The molecule has 2 saturated heterocycles. The number of rotatable bonds is 2. The van der Waals surface area contributed by atoms with E-state index in [9.17, 15) is 9.90 Å². The van der Waals surface area contributed by atoms with Crippen LogP contribution in [0.5, 0.6) is 0 Å². The van der Waals surface area contributed by atoms with Gasteiger partial charge in [0.15, 0.2) is 0 Å². The summed E-state index contributed by atoms with van der Waals surface area (Å²) in [5.74, 6) is 0.0622. The van der Waals surface area contributed by atoms with Crippen LogP contribution in [0.1, 0.15) is 35.2 Å². The van der Waals surface area contributed by atoms with Gasteiger partial charge in [-0.1, -0.05) is 11.6 Å². The molecule has 0 aliphatic carbocycles. The first-order chi connectivity index (χ1) is 9.65. The molecule has 108 valence electrons. The van der Waals surface area contributed by atoms with E-state index in [1.165, 1.54) is 12.8 Å². The molecular formula is C16H22N2O2. The lowest BCUT2D eigenvalue weighted by Gasteiger charge is -2.24. The minimum absolute atomic E-state index is 0.0622. The van der Waals surface area contributed by atoms with Crippen molar-refractivity contribution in [1.29, 1.82) is 0 Å². The first-order valence-corrected chi connectivity index (χ1v) is 7.48. The summed E-state index contributed by atoms with van der Waals surface area (Å²) in [6, 6.07) is 6.13. The van der Waals surface area contributed by atoms with Crippen molar-refractivity contribution >= 4 is 11.6 Å². The van der Waals surface area contributed by atoms with Crippen LogP contribution in [-0.2, 0) is 0 Å². The fraction of sp³-hybridized carbons (Fsp3) is 0.562. The summed E-state index contributed by atoms with van der Waals surface area (Å²) in [5, 5.41) is 9.63. The Kier molecular flexibility index (Phi) is 3.66. The van der Waals surface area contributed by atoms with E-state index < -0.39 is 0 Å². The molecule has 0 unspecified atom stereocenters. The van der Waals surface area contributed by atoms with E-state index in [1.807, 2.05) is 13.0 Å². The van der Waals surface area contributed by atoms with E-state index >= 15 is 0 Å². The van der Waals surface area contributed by atoms with E-state index in [4.69, 9.17) is 0 Å². The van der Waals surface area contributed by atoms with Gasteiger partial charge in [0.25, 0.3) is 5.91 Å². The molecular weight excluding hydrogens is 252 g/mol. The molecule has 2 fully saturated rings. The first-order valence-electron chi connectivity index (χ1n) is 7.48. The Labute approximate surface area is 120 Å². The van der Waals surface area contributed by atoms with E-state index in [2.05, 4.69) is 17.0 Å². The molecule has 0 spiro atoms. The van der Waals surface area contributed by atoms with Gasteiger partial charge in [-0.25, -0.2) is 0 Å². The number of nitrogens with zero attached hydrogens (tertiary/aromatic N) is 2. The normalized spacial score (nSPS) is 22.6. The van der Waals surface area contributed by atoms with Crippen LogP contribution in [0.4, 0.5) is 5.69 Å². The summed E-state index contributed by atoms with van der Waals surface area (Å²) in [6.07, 6.45) is 2.73. The van der Waals surface area contributed by atoms with E-state index in [1.54, 1.807) is 4.90 Å². The van der Waals surface area contributed by atoms with Gasteiger partial charge in [0, 0.05) is 31.9 Å². The molecule has 0 bridgehead atoms. The number of carbonyl (C=O) groups excluding carboxylic acids is 1. The molecule has 1 aromatic rings. The molecule has 0 saturated carbocycles. The third kappa shape index (κ3) is 2.52. The van der Waals surface area contributed by atoms with Gasteiger partial charge in [-0.05, 0) is 38.3 Å². The lowest BCUT2D eigenvalue weighted by atomic mass is 10.1. The molecule has 0 radical (unpaired) electrons. The molecule has 2 aliphatic heterocycles. The monoisotopic (exact) mass is 274 g/mol. The number of β-amino-alcohol motifs (C(OH)–C–C–N with tert-alkyl or cyclic N) is 1. The van der Waals surface area contributed by atoms with Crippen molar-refractivity contribution in [2.75, 3.05) is 31.1 Å². The second-order valence-electron chi connectivity index (χ2n) is 5.91. The quantitative estimate of drug-likeness (QED) is 0.894. The number of anilines is 1. The maximum absolute atomic E-state index is 12.7. The number of amides is 1. The molecule has 1 amide bonds. The minimum atomic E-state index is -0.362. The Balaban J connectivity index is 1.90. The number of hydrogen-bond donors (Lipinski definition) is 1. The summed E-state index contributed by atoms with van der Waals surface area (Å²) in [5.41, 5.74) is 2.96. The van der Waals surface area contributed by atoms with Gasteiger partial charge in [0.2, 0.25) is 0 Å². The predicted octanol–water partition coefficient (Wildman–Crippen LogP) is 1.80. The third-order valence-corrected chi connectivity index (χ3v) is 4.28. The maximum atomic E-state index is 12.7. The van der Waals surface area contributed by atoms with Gasteiger partial charge >= 0.3 is 0 Å². The topological polar surface area (TPSA) is 43.8 Å². The fourth-order valence-corrected chi connectivity index (χ4v) is 3.15. The highest BCUT2D eigenvalue weighted by Gasteiger charge is 2.28. The Morgan fingerprint density at radius 1 is 1.25 bits per heavy atom. The standard InChI is InChI=1S/C16H22N2O2/c1-12-4-5-15(17-7-2-3-8-17)14(10-12)16(20)18-9-6-13(19)11-18/h4-5,10,13,19H,2-3,6-9,11H2,1H3/t13-/m1/s1. The lowest BCUT2D eigenvalue weighted by molar-refractivity contribution is 0.0765. The third-order valence-electron chi connectivity index (χ3n) is 4.28. The summed E-state index contributed by atoms with van der Waals surface area (Å²) >= 11 is 0.